The van der Waals surface area contributed by atoms with E-state index in [1.54, 1.807) is 0 Å². The molecule has 0 atom stereocenters. The van der Waals surface area contributed by atoms with Gasteiger partial charge < -0.3 is 19.7 Å². The molecule has 0 radical (unpaired) electrons. The van der Waals surface area contributed by atoms with Crippen LogP contribution in [0.25, 0.3) is 11.0 Å². The lowest BCUT2D eigenvalue weighted by molar-refractivity contribution is 0.0179. The first-order chi connectivity index (χ1) is 14.9. The highest BCUT2D eigenvalue weighted by Crippen LogP contribution is 2.30. The second-order valence-electron chi connectivity index (χ2n) is 9.69. The van der Waals surface area contributed by atoms with Gasteiger partial charge in [-0.1, -0.05) is 12.1 Å². The molecule has 1 amide bonds. The average Bonchev–Trinajstić information content (AvgIpc) is 3.54. The summed E-state index contributed by atoms with van der Waals surface area (Å²) in [6.07, 6.45) is 6.25. The SMILES string of the molecule is CC(C)(C)OC(=O)N1CCC(CCCOc2nc3ccccc3nc2NC2CC2)CC1. The van der Waals surface area contributed by atoms with Crippen molar-refractivity contribution in [2.75, 3.05) is 25.0 Å². The number of piperidine rings is 1. The minimum Gasteiger partial charge on any atom is -0.475 e. The molecular formula is C24H34N4O3. The van der Waals surface area contributed by atoms with Gasteiger partial charge in [0.2, 0.25) is 0 Å². The smallest absolute Gasteiger partial charge is 0.410 e. The van der Waals surface area contributed by atoms with Gasteiger partial charge in [0.25, 0.3) is 5.88 Å². The fourth-order valence-electron chi connectivity index (χ4n) is 3.87. The van der Waals surface area contributed by atoms with Gasteiger partial charge in [0.05, 0.1) is 17.6 Å². The number of hydrogen-bond acceptors (Lipinski definition) is 6. The first-order valence-electron chi connectivity index (χ1n) is 11.5. The molecule has 1 aromatic carbocycles. The van der Waals surface area contributed by atoms with Crippen LogP contribution in [0.3, 0.4) is 0 Å². The summed E-state index contributed by atoms with van der Waals surface area (Å²) < 4.78 is 11.5. The molecule has 0 bridgehead atoms. The number of nitrogens with zero attached hydrogens (tertiary/aromatic N) is 3. The van der Waals surface area contributed by atoms with Gasteiger partial charge in [-0.25, -0.2) is 14.8 Å². The Labute approximate surface area is 184 Å². The number of carbonyl (C=O) groups is 1. The van der Waals surface area contributed by atoms with E-state index in [4.69, 9.17) is 19.4 Å². The summed E-state index contributed by atoms with van der Waals surface area (Å²) in [5, 5.41) is 3.45. The molecule has 1 saturated heterocycles. The zero-order chi connectivity index (χ0) is 21.8. The summed E-state index contributed by atoms with van der Waals surface area (Å²) in [6.45, 7) is 7.88. The van der Waals surface area contributed by atoms with Crippen LogP contribution in [0, 0.1) is 5.92 Å². The lowest BCUT2D eigenvalue weighted by Crippen LogP contribution is -2.41. The Morgan fingerprint density at radius 2 is 1.77 bits per heavy atom. The van der Waals surface area contributed by atoms with Crippen molar-refractivity contribution in [3.63, 3.8) is 0 Å². The first kappa shape index (κ1) is 21.7. The second-order valence-corrected chi connectivity index (χ2v) is 9.69. The maximum Gasteiger partial charge on any atom is 0.410 e. The Bertz CT molecular complexity index is 899. The van der Waals surface area contributed by atoms with E-state index in [-0.39, 0.29) is 6.09 Å². The van der Waals surface area contributed by atoms with Crippen molar-refractivity contribution >= 4 is 22.9 Å². The van der Waals surface area contributed by atoms with Crippen molar-refractivity contribution < 1.29 is 14.3 Å². The monoisotopic (exact) mass is 426 g/mol. The van der Waals surface area contributed by atoms with Gasteiger partial charge in [0.15, 0.2) is 5.82 Å². The largest absolute Gasteiger partial charge is 0.475 e. The van der Waals surface area contributed by atoms with E-state index in [0.29, 0.717) is 24.4 Å². The molecule has 1 N–H and O–H groups in total. The lowest BCUT2D eigenvalue weighted by atomic mass is 9.92. The number of likely N-dealkylation sites (tertiary alicyclic amines) is 1. The summed E-state index contributed by atoms with van der Waals surface area (Å²) in [4.78, 5) is 23.5. The Kier molecular flexibility index (Phi) is 6.49. The predicted octanol–water partition coefficient (Wildman–Crippen LogP) is 5.01. The van der Waals surface area contributed by atoms with Crippen LogP contribution in [-0.4, -0.2) is 52.3 Å². The Hall–Kier alpha value is -2.57. The molecule has 168 valence electrons. The number of ether oxygens (including phenoxy) is 2. The molecule has 2 aliphatic rings. The van der Waals surface area contributed by atoms with Crippen LogP contribution in [0.2, 0.25) is 0 Å². The second kappa shape index (κ2) is 9.28. The topological polar surface area (TPSA) is 76.6 Å². The Morgan fingerprint density at radius 1 is 1.10 bits per heavy atom. The lowest BCUT2D eigenvalue weighted by Gasteiger charge is -2.33. The molecule has 0 spiro atoms. The predicted molar refractivity (Wildman–Crippen MR) is 121 cm³/mol. The Balaban J connectivity index is 1.24. The molecule has 1 aliphatic carbocycles. The first-order valence-corrected chi connectivity index (χ1v) is 11.5. The van der Waals surface area contributed by atoms with Gasteiger partial charge >= 0.3 is 6.09 Å². The summed E-state index contributed by atoms with van der Waals surface area (Å²) in [7, 11) is 0. The molecule has 1 saturated carbocycles. The number of fused-ring (bicyclic) bond motifs is 1. The molecule has 4 rings (SSSR count). The number of para-hydroxylation sites is 2. The molecule has 1 aromatic heterocycles. The zero-order valence-corrected chi connectivity index (χ0v) is 18.9. The zero-order valence-electron chi connectivity index (χ0n) is 18.9. The van der Waals surface area contributed by atoms with Crippen LogP contribution in [0.4, 0.5) is 10.6 Å². The summed E-state index contributed by atoms with van der Waals surface area (Å²) in [5.41, 5.74) is 1.30. The molecular weight excluding hydrogens is 392 g/mol. The number of anilines is 1. The highest BCUT2D eigenvalue weighted by atomic mass is 16.6. The number of nitrogens with one attached hydrogen (secondary N) is 1. The van der Waals surface area contributed by atoms with E-state index in [2.05, 4.69) is 5.32 Å². The number of aromatic nitrogens is 2. The minimum absolute atomic E-state index is 0.195. The molecule has 0 unspecified atom stereocenters. The molecule has 2 heterocycles. The van der Waals surface area contributed by atoms with Crippen molar-refractivity contribution in [1.29, 1.82) is 0 Å². The Morgan fingerprint density at radius 3 is 2.42 bits per heavy atom. The van der Waals surface area contributed by atoms with Gasteiger partial charge in [-0.3, -0.25) is 0 Å². The highest BCUT2D eigenvalue weighted by Gasteiger charge is 2.27. The van der Waals surface area contributed by atoms with Crippen LogP contribution in [0.5, 0.6) is 5.88 Å². The maximum atomic E-state index is 12.2. The van der Waals surface area contributed by atoms with Crippen molar-refractivity contribution in [2.45, 2.75) is 70.9 Å². The molecule has 2 fully saturated rings. The quantitative estimate of drug-likeness (QED) is 0.627. The minimum atomic E-state index is -0.440. The molecule has 31 heavy (non-hydrogen) atoms. The van der Waals surface area contributed by atoms with Gasteiger partial charge in [0, 0.05) is 19.1 Å². The van der Waals surface area contributed by atoms with Crippen molar-refractivity contribution in [2.24, 2.45) is 5.92 Å². The van der Waals surface area contributed by atoms with Crippen LogP contribution in [-0.2, 0) is 4.74 Å². The molecule has 7 heteroatoms. The number of carbonyl (C=O) groups excluding carboxylic acids is 1. The highest BCUT2D eigenvalue weighted by molar-refractivity contribution is 5.77. The van der Waals surface area contributed by atoms with Crippen LogP contribution < -0.4 is 10.1 Å². The van der Waals surface area contributed by atoms with Gasteiger partial charge in [-0.15, -0.1) is 0 Å². The fourth-order valence-corrected chi connectivity index (χ4v) is 3.87. The van der Waals surface area contributed by atoms with E-state index in [0.717, 1.165) is 55.6 Å². The third-order valence-electron chi connectivity index (χ3n) is 5.72. The van der Waals surface area contributed by atoms with Gasteiger partial charge in [0.1, 0.15) is 5.60 Å². The molecule has 7 nitrogen and oxygen atoms in total. The van der Waals surface area contributed by atoms with Crippen molar-refractivity contribution in [3.05, 3.63) is 24.3 Å². The number of rotatable bonds is 7. The number of benzene rings is 1. The van der Waals surface area contributed by atoms with Crippen molar-refractivity contribution in [3.8, 4) is 5.88 Å². The number of amides is 1. The van der Waals surface area contributed by atoms with Gasteiger partial charge in [-0.05, 0) is 77.3 Å². The van der Waals surface area contributed by atoms with Crippen molar-refractivity contribution in [1.82, 2.24) is 14.9 Å². The molecule has 1 aliphatic heterocycles. The number of hydrogen-bond donors (Lipinski definition) is 1. The van der Waals surface area contributed by atoms with Crippen LogP contribution in [0.15, 0.2) is 24.3 Å². The summed E-state index contributed by atoms with van der Waals surface area (Å²) in [6, 6.07) is 8.39. The van der Waals surface area contributed by atoms with Crippen LogP contribution >= 0.6 is 0 Å². The fraction of sp³-hybridized carbons (Fsp3) is 0.625. The van der Waals surface area contributed by atoms with Gasteiger partial charge in [-0.2, -0.15) is 0 Å². The third-order valence-corrected chi connectivity index (χ3v) is 5.72. The van der Waals surface area contributed by atoms with E-state index >= 15 is 0 Å². The average molecular weight is 427 g/mol. The van der Waals surface area contributed by atoms with Crippen LogP contribution in [0.1, 0.15) is 59.3 Å². The van der Waals surface area contributed by atoms with E-state index < -0.39 is 5.60 Å². The van der Waals surface area contributed by atoms with E-state index in [9.17, 15) is 4.79 Å². The normalized spacial score (nSPS) is 17.6. The van der Waals surface area contributed by atoms with E-state index in [1.807, 2.05) is 49.9 Å². The van der Waals surface area contributed by atoms with E-state index in [1.165, 1.54) is 12.8 Å². The standard InChI is InChI=1S/C24H34N4O3/c1-24(2,3)31-23(29)28-14-12-17(13-15-28)7-6-16-30-22-21(25-18-10-11-18)26-19-8-4-5-9-20(19)27-22/h4-5,8-9,17-18H,6-7,10-16H2,1-3H3,(H,25,26). The third kappa shape index (κ3) is 6.21. The maximum absolute atomic E-state index is 12.2. The molecule has 2 aromatic rings. The summed E-state index contributed by atoms with van der Waals surface area (Å²) >= 11 is 0. The summed E-state index contributed by atoms with van der Waals surface area (Å²) in [5.74, 6) is 1.98.